The van der Waals surface area contributed by atoms with Gasteiger partial charge in [0.2, 0.25) is 0 Å². The minimum Gasteiger partial charge on any atom is -0.507 e. The first-order valence-corrected chi connectivity index (χ1v) is 4.37. The van der Waals surface area contributed by atoms with E-state index in [0.717, 1.165) is 8.95 Å². The average molecular weight is 280 g/mol. The number of phenolic OH excluding ortho intramolecular Hbond substituents is 1. The van der Waals surface area contributed by atoms with E-state index in [4.69, 9.17) is 5.11 Å². The number of hydrogen-bond donors (Lipinski definition) is 1. The molecule has 1 aromatic carbocycles. The van der Waals surface area contributed by atoms with Crippen LogP contribution in [0.4, 0.5) is 0 Å². The molecule has 0 radical (unpaired) electrons. The molecule has 0 heterocycles. The SMILES string of the molecule is O=Cc1cc(Br)c(Br)cc1O. The highest BCUT2D eigenvalue weighted by molar-refractivity contribution is 9.13. The quantitative estimate of drug-likeness (QED) is 0.803. The van der Waals surface area contributed by atoms with Crippen molar-refractivity contribution < 1.29 is 9.90 Å². The zero-order chi connectivity index (χ0) is 8.43. The smallest absolute Gasteiger partial charge is 0.153 e. The molecule has 2 nitrogen and oxygen atoms in total. The molecule has 0 unspecified atom stereocenters. The molecule has 0 aliphatic heterocycles. The van der Waals surface area contributed by atoms with Crippen molar-refractivity contribution in [1.82, 2.24) is 0 Å². The molecule has 0 bridgehead atoms. The molecule has 4 heteroatoms. The first kappa shape index (κ1) is 8.74. The second-order valence-electron chi connectivity index (χ2n) is 1.94. The van der Waals surface area contributed by atoms with Crippen molar-refractivity contribution in [2.75, 3.05) is 0 Å². The van der Waals surface area contributed by atoms with Crippen molar-refractivity contribution in [1.29, 1.82) is 0 Å². The summed E-state index contributed by atoms with van der Waals surface area (Å²) < 4.78 is 1.47. The summed E-state index contributed by atoms with van der Waals surface area (Å²) in [5.41, 5.74) is 0.278. The van der Waals surface area contributed by atoms with Gasteiger partial charge in [0.25, 0.3) is 0 Å². The molecule has 0 fully saturated rings. The molecule has 0 aliphatic rings. The third-order valence-corrected chi connectivity index (χ3v) is 3.04. The van der Waals surface area contributed by atoms with Gasteiger partial charge in [-0.3, -0.25) is 4.79 Å². The third-order valence-electron chi connectivity index (χ3n) is 1.20. The fourth-order valence-corrected chi connectivity index (χ4v) is 1.34. The fourth-order valence-electron chi connectivity index (χ4n) is 0.646. The number of halogens is 2. The first-order valence-electron chi connectivity index (χ1n) is 2.78. The van der Waals surface area contributed by atoms with Gasteiger partial charge in [0.1, 0.15) is 5.75 Å². The number of phenols is 1. The summed E-state index contributed by atoms with van der Waals surface area (Å²) >= 11 is 6.39. The van der Waals surface area contributed by atoms with Crippen LogP contribution in [-0.2, 0) is 0 Å². The zero-order valence-corrected chi connectivity index (χ0v) is 8.52. The van der Waals surface area contributed by atoms with E-state index in [9.17, 15) is 4.79 Å². The van der Waals surface area contributed by atoms with E-state index in [-0.39, 0.29) is 11.3 Å². The molecule has 0 saturated carbocycles. The minimum absolute atomic E-state index is 0.0184. The van der Waals surface area contributed by atoms with Crippen LogP contribution in [0.2, 0.25) is 0 Å². The maximum Gasteiger partial charge on any atom is 0.153 e. The van der Waals surface area contributed by atoms with Crippen molar-refractivity contribution in [2.24, 2.45) is 0 Å². The van der Waals surface area contributed by atoms with Crippen molar-refractivity contribution >= 4 is 38.1 Å². The van der Waals surface area contributed by atoms with E-state index in [1.807, 2.05) is 0 Å². The minimum atomic E-state index is -0.0184. The molecule has 0 spiro atoms. The highest BCUT2D eigenvalue weighted by Gasteiger charge is 2.03. The van der Waals surface area contributed by atoms with Gasteiger partial charge < -0.3 is 5.11 Å². The molecular weight excluding hydrogens is 276 g/mol. The predicted molar refractivity (Wildman–Crippen MR) is 48.9 cm³/mol. The number of benzene rings is 1. The Bertz CT molecular complexity index is 297. The fraction of sp³-hybridized carbons (Fsp3) is 0. The topological polar surface area (TPSA) is 37.3 Å². The van der Waals surface area contributed by atoms with Crippen molar-refractivity contribution in [3.63, 3.8) is 0 Å². The van der Waals surface area contributed by atoms with Crippen molar-refractivity contribution in [3.05, 3.63) is 26.6 Å². The molecule has 0 aliphatic carbocycles. The molecule has 0 amide bonds. The molecular formula is C7H4Br2O2. The number of rotatable bonds is 1. The van der Waals surface area contributed by atoms with Crippen LogP contribution in [0.1, 0.15) is 10.4 Å². The van der Waals surface area contributed by atoms with E-state index < -0.39 is 0 Å². The summed E-state index contributed by atoms with van der Waals surface area (Å²) in [7, 11) is 0. The van der Waals surface area contributed by atoms with Gasteiger partial charge in [-0.25, -0.2) is 0 Å². The molecule has 1 rings (SSSR count). The van der Waals surface area contributed by atoms with E-state index in [1.54, 1.807) is 6.07 Å². The molecule has 1 aromatic rings. The van der Waals surface area contributed by atoms with Gasteiger partial charge in [0, 0.05) is 8.95 Å². The summed E-state index contributed by atoms with van der Waals surface area (Å²) in [6.07, 6.45) is 0.604. The number of carbonyl (C=O) groups is 1. The Morgan fingerprint density at radius 3 is 2.36 bits per heavy atom. The second kappa shape index (κ2) is 3.36. The van der Waals surface area contributed by atoms with Gasteiger partial charge >= 0.3 is 0 Å². The van der Waals surface area contributed by atoms with Crippen LogP contribution in [0.25, 0.3) is 0 Å². The van der Waals surface area contributed by atoms with Gasteiger partial charge in [0.15, 0.2) is 6.29 Å². The van der Waals surface area contributed by atoms with Crippen LogP contribution >= 0.6 is 31.9 Å². The zero-order valence-electron chi connectivity index (χ0n) is 5.34. The Morgan fingerprint density at radius 1 is 1.27 bits per heavy atom. The highest BCUT2D eigenvalue weighted by Crippen LogP contribution is 2.29. The Labute approximate surface area is 80.5 Å². The van der Waals surface area contributed by atoms with E-state index >= 15 is 0 Å². The third kappa shape index (κ3) is 1.81. The van der Waals surface area contributed by atoms with Gasteiger partial charge in [0.05, 0.1) is 5.56 Å². The summed E-state index contributed by atoms with van der Waals surface area (Å²) in [6, 6.07) is 3.01. The molecule has 0 saturated heterocycles. The first-order chi connectivity index (χ1) is 5.15. The van der Waals surface area contributed by atoms with Gasteiger partial charge in [-0.2, -0.15) is 0 Å². The van der Waals surface area contributed by atoms with E-state index in [1.165, 1.54) is 6.07 Å². The summed E-state index contributed by atoms with van der Waals surface area (Å²) in [4.78, 5) is 10.3. The Balaban J connectivity index is 3.31. The van der Waals surface area contributed by atoms with Gasteiger partial charge in [-0.1, -0.05) is 0 Å². The number of carbonyl (C=O) groups excluding carboxylic acids is 1. The standard InChI is InChI=1S/C7H4Br2O2/c8-5-1-4(3-10)7(11)2-6(5)9/h1-3,11H. The van der Waals surface area contributed by atoms with Gasteiger partial charge in [-0.05, 0) is 44.0 Å². The molecule has 58 valence electrons. The lowest BCUT2D eigenvalue weighted by Gasteiger charge is -1.99. The molecule has 1 N–H and O–H groups in total. The number of aldehydes is 1. The molecule has 0 aromatic heterocycles. The second-order valence-corrected chi connectivity index (χ2v) is 3.65. The summed E-state index contributed by atoms with van der Waals surface area (Å²) in [5, 5.41) is 9.13. The lowest BCUT2D eigenvalue weighted by atomic mass is 10.2. The molecule has 11 heavy (non-hydrogen) atoms. The lowest BCUT2D eigenvalue weighted by Crippen LogP contribution is -1.81. The van der Waals surface area contributed by atoms with Crippen LogP contribution in [0, 0.1) is 0 Å². The van der Waals surface area contributed by atoms with E-state index in [2.05, 4.69) is 31.9 Å². The Hall–Kier alpha value is -0.350. The van der Waals surface area contributed by atoms with Crippen LogP contribution in [0.15, 0.2) is 21.1 Å². The summed E-state index contributed by atoms with van der Waals surface area (Å²) in [5.74, 6) is -0.0184. The molecule has 0 atom stereocenters. The highest BCUT2D eigenvalue weighted by atomic mass is 79.9. The predicted octanol–water partition coefficient (Wildman–Crippen LogP) is 2.73. The van der Waals surface area contributed by atoms with Crippen LogP contribution in [0.3, 0.4) is 0 Å². The van der Waals surface area contributed by atoms with Crippen LogP contribution in [-0.4, -0.2) is 11.4 Å². The van der Waals surface area contributed by atoms with Crippen molar-refractivity contribution in [2.45, 2.75) is 0 Å². The monoisotopic (exact) mass is 278 g/mol. The number of hydrogen-bond acceptors (Lipinski definition) is 2. The largest absolute Gasteiger partial charge is 0.507 e. The maximum atomic E-state index is 10.3. The van der Waals surface area contributed by atoms with Crippen LogP contribution in [0.5, 0.6) is 5.75 Å². The Morgan fingerprint density at radius 2 is 1.82 bits per heavy atom. The lowest BCUT2D eigenvalue weighted by molar-refractivity contribution is 0.112. The average Bonchev–Trinajstić information content (AvgIpc) is 1.97. The summed E-state index contributed by atoms with van der Waals surface area (Å²) in [6.45, 7) is 0. The van der Waals surface area contributed by atoms with Crippen molar-refractivity contribution in [3.8, 4) is 5.75 Å². The maximum absolute atomic E-state index is 10.3. The van der Waals surface area contributed by atoms with E-state index in [0.29, 0.717) is 6.29 Å². The Kier molecular flexibility index (Phi) is 2.67. The normalized spacial score (nSPS) is 9.64. The number of aromatic hydroxyl groups is 1. The van der Waals surface area contributed by atoms with Crippen LogP contribution < -0.4 is 0 Å². The van der Waals surface area contributed by atoms with Gasteiger partial charge in [-0.15, -0.1) is 0 Å².